The third kappa shape index (κ3) is 3.64. The van der Waals surface area contributed by atoms with Gasteiger partial charge in [-0.2, -0.15) is 4.99 Å². The normalized spacial score (nSPS) is 14.8. The Morgan fingerprint density at radius 2 is 1.83 bits per heavy atom. The van der Waals surface area contributed by atoms with Crippen LogP contribution in [0.15, 0.2) is 70.6 Å². The molecule has 36 heavy (non-hydrogen) atoms. The minimum absolute atomic E-state index is 0.120. The molecule has 2 aliphatic heterocycles. The fourth-order valence-electron chi connectivity index (χ4n) is 4.39. The smallest absolute Gasteiger partial charge is 0.279 e. The largest absolute Gasteiger partial charge is 0.454 e. The third-order valence-electron chi connectivity index (χ3n) is 6.16. The number of sulfonamides is 1. The molecule has 0 atom stereocenters. The molecule has 0 fully saturated rings. The summed E-state index contributed by atoms with van der Waals surface area (Å²) in [6, 6.07) is 17.0. The molecule has 4 aromatic rings. The summed E-state index contributed by atoms with van der Waals surface area (Å²) in [4.78, 5) is 17.8. The van der Waals surface area contributed by atoms with Crippen LogP contribution in [-0.4, -0.2) is 32.2 Å². The van der Waals surface area contributed by atoms with Crippen LogP contribution in [-0.2, 0) is 23.0 Å². The second kappa shape index (κ2) is 8.55. The van der Waals surface area contributed by atoms with Gasteiger partial charge in [0.1, 0.15) is 0 Å². The summed E-state index contributed by atoms with van der Waals surface area (Å²) in [6.07, 6.45) is 6.23. The quantitative estimate of drug-likeness (QED) is 0.386. The number of fused-ring (bicyclic) bond motifs is 3. The predicted octanol–water partition coefficient (Wildman–Crippen LogP) is 3.56. The van der Waals surface area contributed by atoms with Gasteiger partial charge < -0.3 is 14.0 Å². The predicted molar refractivity (Wildman–Crippen MR) is 136 cm³/mol. The van der Waals surface area contributed by atoms with Crippen LogP contribution >= 0.6 is 11.3 Å². The van der Waals surface area contributed by atoms with Crippen molar-refractivity contribution in [1.29, 1.82) is 0 Å². The maximum Gasteiger partial charge on any atom is 0.279 e. The van der Waals surface area contributed by atoms with Crippen LogP contribution in [0.2, 0.25) is 0 Å². The van der Waals surface area contributed by atoms with E-state index in [1.54, 1.807) is 10.6 Å². The molecule has 0 spiro atoms. The number of carbonyl (C=O) groups excluding carboxylic acids is 1. The van der Waals surface area contributed by atoms with E-state index in [4.69, 9.17) is 15.9 Å². The molecule has 6 rings (SSSR count). The topological polar surface area (TPSA) is 90.2 Å². The molecule has 0 saturated heterocycles. The number of rotatable bonds is 4. The number of anilines is 1. The first-order chi connectivity index (χ1) is 17.5. The second-order valence-electron chi connectivity index (χ2n) is 8.25. The van der Waals surface area contributed by atoms with Crippen LogP contribution in [0.5, 0.6) is 11.5 Å². The van der Waals surface area contributed by atoms with Gasteiger partial charge in [0.25, 0.3) is 15.9 Å². The Morgan fingerprint density at radius 1 is 1.08 bits per heavy atom. The lowest BCUT2D eigenvalue weighted by Crippen LogP contribution is -2.29. The van der Waals surface area contributed by atoms with E-state index in [-0.39, 0.29) is 23.8 Å². The van der Waals surface area contributed by atoms with Crippen LogP contribution in [0.3, 0.4) is 0 Å². The summed E-state index contributed by atoms with van der Waals surface area (Å²) in [5.74, 6) is 3.34. The van der Waals surface area contributed by atoms with Gasteiger partial charge >= 0.3 is 0 Å². The number of terminal acetylenes is 1. The minimum atomic E-state index is -3.75. The summed E-state index contributed by atoms with van der Waals surface area (Å²) in [5.41, 5.74) is 2.76. The average Bonchev–Trinajstić information content (AvgIpc) is 3.60. The fourth-order valence-corrected chi connectivity index (χ4v) is 6.94. The zero-order valence-electron chi connectivity index (χ0n) is 18.9. The van der Waals surface area contributed by atoms with Gasteiger partial charge in [-0.15, -0.1) is 6.42 Å². The van der Waals surface area contributed by atoms with Crippen molar-refractivity contribution in [3.05, 3.63) is 76.6 Å². The number of aromatic nitrogens is 1. The number of ether oxygens (including phenoxy) is 2. The van der Waals surface area contributed by atoms with Crippen LogP contribution in [0, 0.1) is 12.3 Å². The molecule has 0 saturated carbocycles. The van der Waals surface area contributed by atoms with Crippen LogP contribution in [0.4, 0.5) is 5.69 Å². The van der Waals surface area contributed by atoms with Crippen LogP contribution in [0.1, 0.15) is 15.9 Å². The molecule has 0 unspecified atom stereocenters. The first-order valence-electron chi connectivity index (χ1n) is 11.1. The average molecular weight is 518 g/mol. The summed E-state index contributed by atoms with van der Waals surface area (Å²) in [5, 5.41) is 0. The maximum atomic E-state index is 13.2. The molecule has 180 valence electrons. The van der Waals surface area contributed by atoms with Gasteiger partial charge in [0.05, 0.1) is 27.3 Å². The standard InChI is InChI=1S/C26H19N3O5S2/c1-2-12-28-21-14-22-23(34-16-33-22)15-24(21)35-26(28)27-25(30)18-7-9-19(10-8-18)36(31,32)29-13-11-17-5-3-4-6-20(17)29/h1,3-10,14-15H,11-13,16H2. The number of hydrogen-bond acceptors (Lipinski definition) is 6. The van der Waals surface area contributed by atoms with E-state index < -0.39 is 15.9 Å². The summed E-state index contributed by atoms with van der Waals surface area (Å²) in [6.45, 7) is 0.770. The Kier molecular flexibility index (Phi) is 5.32. The molecular weight excluding hydrogens is 498 g/mol. The Labute approximate surface area is 211 Å². The van der Waals surface area contributed by atoms with Gasteiger partial charge in [0.15, 0.2) is 16.3 Å². The monoisotopic (exact) mass is 517 g/mol. The van der Waals surface area contributed by atoms with E-state index >= 15 is 0 Å². The van der Waals surface area contributed by atoms with E-state index in [1.165, 1.54) is 39.9 Å². The number of carbonyl (C=O) groups is 1. The van der Waals surface area contributed by atoms with E-state index in [1.807, 2.05) is 30.3 Å². The second-order valence-corrected chi connectivity index (χ2v) is 11.1. The highest BCUT2D eigenvalue weighted by atomic mass is 32.2. The van der Waals surface area contributed by atoms with Crippen molar-refractivity contribution in [2.45, 2.75) is 17.9 Å². The van der Waals surface area contributed by atoms with E-state index in [2.05, 4.69) is 10.9 Å². The number of amides is 1. The fraction of sp³-hybridized carbons (Fsp3) is 0.154. The van der Waals surface area contributed by atoms with Crippen molar-refractivity contribution < 1.29 is 22.7 Å². The molecule has 0 radical (unpaired) electrons. The third-order valence-corrected chi connectivity index (χ3v) is 9.03. The van der Waals surface area contributed by atoms with Gasteiger partial charge in [-0.1, -0.05) is 35.5 Å². The van der Waals surface area contributed by atoms with Gasteiger partial charge in [-0.05, 0) is 42.3 Å². The van der Waals surface area contributed by atoms with Crippen molar-refractivity contribution in [2.75, 3.05) is 17.6 Å². The molecule has 3 heterocycles. The van der Waals surface area contributed by atoms with Crippen LogP contribution < -0.4 is 18.6 Å². The highest BCUT2D eigenvalue weighted by Crippen LogP contribution is 2.37. The van der Waals surface area contributed by atoms with Crippen molar-refractivity contribution >= 4 is 43.2 Å². The van der Waals surface area contributed by atoms with Gasteiger partial charge in [0, 0.05) is 24.2 Å². The maximum absolute atomic E-state index is 13.2. The van der Waals surface area contributed by atoms with Gasteiger partial charge in [-0.3, -0.25) is 9.10 Å². The number of para-hydroxylation sites is 1. The lowest BCUT2D eigenvalue weighted by atomic mass is 10.2. The highest BCUT2D eigenvalue weighted by molar-refractivity contribution is 7.92. The SMILES string of the molecule is C#CCn1c(=NC(=O)c2ccc(S(=O)(=O)N3CCc4ccccc43)cc2)sc2cc3c(cc21)OCO3. The molecule has 2 aliphatic rings. The molecule has 1 amide bonds. The number of thiazole rings is 1. The molecule has 0 bridgehead atoms. The van der Waals surface area contributed by atoms with Crippen molar-refractivity contribution in [2.24, 2.45) is 4.99 Å². The molecule has 8 nitrogen and oxygen atoms in total. The number of benzene rings is 3. The number of hydrogen-bond donors (Lipinski definition) is 0. The van der Waals surface area contributed by atoms with Gasteiger partial charge in [0.2, 0.25) is 6.79 Å². The van der Waals surface area contributed by atoms with Crippen molar-refractivity contribution in [1.82, 2.24) is 4.57 Å². The van der Waals surface area contributed by atoms with E-state index in [0.29, 0.717) is 35.0 Å². The Hall–Kier alpha value is -4.07. The lowest BCUT2D eigenvalue weighted by molar-refractivity contribution is 0.0997. The van der Waals surface area contributed by atoms with Gasteiger partial charge in [-0.25, -0.2) is 8.42 Å². The molecule has 3 aromatic carbocycles. The zero-order valence-corrected chi connectivity index (χ0v) is 20.5. The highest BCUT2D eigenvalue weighted by Gasteiger charge is 2.30. The number of nitrogens with zero attached hydrogens (tertiary/aromatic N) is 3. The summed E-state index contributed by atoms with van der Waals surface area (Å²) >= 11 is 1.31. The Morgan fingerprint density at radius 3 is 2.61 bits per heavy atom. The Balaban J connectivity index is 1.32. The summed E-state index contributed by atoms with van der Waals surface area (Å²) < 4.78 is 41.4. The van der Waals surface area contributed by atoms with Crippen molar-refractivity contribution in [3.63, 3.8) is 0 Å². The van der Waals surface area contributed by atoms with Crippen molar-refractivity contribution in [3.8, 4) is 23.8 Å². The van der Waals surface area contributed by atoms with E-state index in [9.17, 15) is 13.2 Å². The Bertz CT molecular complexity index is 1750. The zero-order chi connectivity index (χ0) is 24.9. The molecule has 0 N–H and O–H groups in total. The first-order valence-corrected chi connectivity index (χ1v) is 13.4. The van der Waals surface area contributed by atoms with E-state index in [0.717, 1.165) is 15.8 Å². The first kappa shape index (κ1) is 22.4. The molecule has 0 aliphatic carbocycles. The summed E-state index contributed by atoms with van der Waals surface area (Å²) in [7, 11) is -3.75. The van der Waals surface area contributed by atoms with Crippen LogP contribution in [0.25, 0.3) is 10.2 Å². The minimum Gasteiger partial charge on any atom is -0.454 e. The molecule has 10 heteroatoms. The molecule has 1 aromatic heterocycles. The molecular formula is C26H19N3O5S2. The lowest BCUT2D eigenvalue weighted by Gasteiger charge is -2.19.